The summed E-state index contributed by atoms with van der Waals surface area (Å²) < 4.78 is 68.3. The summed E-state index contributed by atoms with van der Waals surface area (Å²) in [4.78, 5) is 72.6. The Kier molecular flexibility index (Phi) is 63.7. The Morgan fingerprint density at radius 2 is 0.581 bits per heavy atom. The number of rotatable bonds is 71. The Morgan fingerprint density at radius 1 is 0.333 bits per heavy atom. The first kappa shape index (κ1) is 90.5. The zero-order valence-corrected chi connectivity index (χ0v) is 61.8. The van der Waals surface area contributed by atoms with Crippen LogP contribution in [0.15, 0.2) is 24.3 Å². The van der Waals surface area contributed by atoms with E-state index in [0.29, 0.717) is 25.7 Å². The maximum Gasteiger partial charge on any atom is 0.472 e. The summed E-state index contributed by atoms with van der Waals surface area (Å²) in [7, 11) is -9.91. The van der Waals surface area contributed by atoms with Crippen LogP contribution < -0.4 is 0 Å². The summed E-state index contributed by atoms with van der Waals surface area (Å²) in [6.45, 7) is 9.47. The second-order valence-electron chi connectivity index (χ2n) is 27.0. The average Bonchev–Trinajstić information content (AvgIpc) is 2.97. The van der Waals surface area contributed by atoms with Crippen LogP contribution >= 0.6 is 15.6 Å². The monoisotopic (exact) mass is 1360 g/mol. The van der Waals surface area contributed by atoms with Gasteiger partial charge in [0.2, 0.25) is 0 Å². The molecule has 0 aliphatic carbocycles. The highest BCUT2D eigenvalue weighted by Crippen LogP contribution is 2.45. The van der Waals surface area contributed by atoms with Crippen LogP contribution in [0, 0.1) is 11.8 Å². The number of ether oxygens (including phenoxy) is 4. The van der Waals surface area contributed by atoms with Crippen molar-refractivity contribution >= 4 is 39.5 Å². The number of carbonyl (C=O) groups is 4. The van der Waals surface area contributed by atoms with E-state index in [1.54, 1.807) is 0 Å². The third-order valence-electron chi connectivity index (χ3n) is 16.6. The van der Waals surface area contributed by atoms with E-state index in [9.17, 15) is 43.2 Å². The molecule has 0 rings (SSSR count). The van der Waals surface area contributed by atoms with Gasteiger partial charge in [-0.05, 0) is 63.2 Å². The molecule has 0 aromatic heterocycles. The molecule has 3 N–H and O–H groups in total. The molecule has 0 fully saturated rings. The number of esters is 4. The van der Waals surface area contributed by atoms with Gasteiger partial charge in [-0.1, -0.05) is 303 Å². The molecule has 0 aliphatic heterocycles. The maximum atomic E-state index is 13.1. The third kappa shape index (κ3) is 67.9. The van der Waals surface area contributed by atoms with Crippen molar-refractivity contribution in [1.29, 1.82) is 0 Å². The molecule has 0 aromatic carbocycles. The van der Waals surface area contributed by atoms with Crippen LogP contribution in [0.3, 0.4) is 0 Å². The first-order chi connectivity index (χ1) is 44.9. The van der Waals surface area contributed by atoms with Crippen LogP contribution in [0.25, 0.3) is 0 Å². The summed E-state index contributed by atoms with van der Waals surface area (Å²) in [6.07, 6.45) is 55.1. The number of phosphoric ester groups is 2. The summed E-state index contributed by atoms with van der Waals surface area (Å²) in [5.41, 5.74) is 0. The number of phosphoric acid groups is 2. The first-order valence-corrected chi connectivity index (χ1v) is 40.8. The van der Waals surface area contributed by atoms with E-state index in [0.717, 1.165) is 127 Å². The molecule has 0 radical (unpaired) electrons. The predicted octanol–water partition coefficient (Wildman–Crippen LogP) is 21.1. The van der Waals surface area contributed by atoms with Crippen molar-refractivity contribution in [1.82, 2.24) is 0 Å². The van der Waals surface area contributed by atoms with E-state index in [-0.39, 0.29) is 25.7 Å². The second-order valence-corrected chi connectivity index (χ2v) is 29.9. The molecule has 548 valence electrons. The van der Waals surface area contributed by atoms with E-state index in [1.165, 1.54) is 148 Å². The van der Waals surface area contributed by atoms with Gasteiger partial charge in [0.1, 0.15) is 19.3 Å². The highest BCUT2D eigenvalue weighted by atomic mass is 31.2. The lowest BCUT2D eigenvalue weighted by Gasteiger charge is -2.21. The summed E-state index contributed by atoms with van der Waals surface area (Å²) in [5.74, 6) is -0.629. The Morgan fingerprint density at radius 3 is 0.882 bits per heavy atom. The highest BCUT2D eigenvalue weighted by Gasteiger charge is 2.30. The van der Waals surface area contributed by atoms with Gasteiger partial charge in [-0.15, -0.1) is 0 Å². The SMILES string of the molecule is CCCCCC/C=C\C=C/CCCCCCCC(=O)OC[C@H](COP(=O)(O)OC[C@@H](O)COP(=O)(O)OC[C@@H](COC(=O)CCCCCCCCCC)OC(=O)CCCCCCCCCCC(C)C)OC(=O)CCCCCCCCCCCCCCCCCCC(C)C. The van der Waals surface area contributed by atoms with Gasteiger partial charge in [-0.3, -0.25) is 37.3 Å². The molecule has 0 bridgehead atoms. The van der Waals surface area contributed by atoms with E-state index < -0.39 is 97.5 Å². The van der Waals surface area contributed by atoms with Crippen molar-refractivity contribution < 1.29 is 80.2 Å². The van der Waals surface area contributed by atoms with Crippen molar-refractivity contribution in [2.45, 2.75) is 374 Å². The predicted molar refractivity (Wildman–Crippen MR) is 377 cm³/mol. The molecule has 0 amide bonds. The van der Waals surface area contributed by atoms with Crippen LogP contribution in [0.1, 0.15) is 356 Å². The van der Waals surface area contributed by atoms with Gasteiger partial charge < -0.3 is 33.8 Å². The number of hydrogen-bond acceptors (Lipinski definition) is 15. The molecular formula is C74H140O17P2. The van der Waals surface area contributed by atoms with Gasteiger partial charge in [0.15, 0.2) is 12.2 Å². The molecule has 0 aliphatic rings. The quantitative estimate of drug-likeness (QED) is 0.0169. The molecule has 0 heterocycles. The van der Waals surface area contributed by atoms with E-state index in [1.807, 2.05) is 0 Å². The molecule has 5 atom stereocenters. The number of unbranched alkanes of at least 4 members (excludes halogenated alkanes) is 38. The fourth-order valence-corrected chi connectivity index (χ4v) is 12.3. The minimum Gasteiger partial charge on any atom is -0.462 e. The molecule has 0 spiro atoms. The Bertz CT molecular complexity index is 1900. The average molecular weight is 1360 g/mol. The Balaban J connectivity index is 5.24. The zero-order chi connectivity index (χ0) is 68.6. The third-order valence-corrected chi connectivity index (χ3v) is 18.5. The van der Waals surface area contributed by atoms with Gasteiger partial charge in [0, 0.05) is 25.7 Å². The van der Waals surface area contributed by atoms with Gasteiger partial charge in [0.05, 0.1) is 26.4 Å². The zero-order valence-electron chi connectivity index (χ0n) is 60.0. The summed E-state index contributed by atoms with van der Waals surface area (Å²) in [6, 6.07) is 0. The van der Waals surface area contributed by atoms with Crippen LogP contribution in [-0.2, 0) is 65.4 Å². The molecule has 0 saturated heterocycles. The second kappa shape index (κ2) is 65.5. The topological polar surface area (TPSA) is 237 Å². The molecule has 0 aromatic rings. The Labute approximate surface area is 567 Å². The van der Waals surface area contributed by atoms with Gasteiger partial charge in [0.25, 0.3) is 0 Å². The number of aliphatic hydroxyl groups excluding tert-OH is 1. The maximum absolute atomic E-state index is 13.1. The largest absolute Gasteiger partial charge is 0.472 e. The van der Waals surface area contributed by atoms with Crippen LogP contribution in [0.2, 0.25) is 0 Å². The van der Waals surface area contributed by atoms with Crippen molar-refractivity contribution in [3.8, 4) is 0 Å². The summed E-state index contributed by atoms with van der Waals surface area (Å²) in [5, 5.41) is 10.6. The number of allylic oxidation sites excluding steroid dienone is 4. The minimum absolute atomic E-state index is 0.101. The lowest BCUT2D eigenvalue weighted by Crippen LogP contribution is -2.30. The smallest absolute Gasteiger partial charge is 0.462 e. The molecule has 19 heteroatoms. The lowest BCUT2D eigenvalue weighted by atomic mass is 10.0. The molecule has 93 heavy (non-hydrogen) atoms. The normalized spacial score (nSPS) is 14.2. The number of aliphatic hydroxyl groups is 1. The van der Waals surface area contributed by atoms with Crippen LogP contribution in [0.5, 0.6) is 0 Å². The van der Waals surface area contributed by atoms with E-state index in [2.05, 4.69) is 65.8 Å². The molecular weight excluding hydrogens is 1220 g/mol. The lowest BCUT2D eigenvalue weighted by molar-refractivity contribution is -0.161. The van der Waals surface area contributed by atoms with Crippen molar-refractivity contribution in [3.63, 3.8) is 0 Å². The molecule has 0 saturated carbocycles. The standard InChI is InChI=1S/C74H140O17P2/c1-7-9-11-13-15-17-18-19-22-26-29-32-39-45-51-57-72(77)85-63-70(90-73(78)58-52-46-40-33-30-27-24-21-20-23-25-28-31-36-42-48-54-66(3)4)65-89-93(82,83)87-61-68(75)60-86-92(80,81)88-64-69(62-84-71(76)56-50-44-38-16-14-12-10-8-2)91-74(79)59-53-47-41-35-34-37-43-49-55-67(5)6/h17-19,22,66-70,75H,7-16,20-21,23-65H2,1-6H3,(H,80,81)(H,82,83)/b18-17-,22-19-/t68-,69+,70+/m0/s1. The number of hydrogen-bond donors (Lipinski definition) is 3. The fraction of sp³-hybridized carbons (Fsp3) is 0.892. The number of carbonyl (C=O) groups excluding carboxylic acids is 4. The molecule has 17 nitrogen and oxygen atoms in total. The van der Waals surface area contributed by atoms with Crippen LogP contribution in [-0.4, -0.2) is 96.7 Å². The van der Waals surface area contributed by atoms with Gasteiger partial charge in [-0.25, -0.2) is 9.13 Å². The van der Waals surface area contributed by atoms with Crippen molar-refractivity contribution in [3.05, 3.63) is 24.3 Å². The van der Waals surface area contributed by atoms with Gasteiger partial charge >= 0.3 is 39.5 Å². The Hall–Kier alpha value is -2.46. The van der Waals surface area contributed by atoms with Crippen molar-refractivity contribution in [2.24, 2.45) is 11.8 Å². The highest BCUT2D eigenvalue weighted by molar-refractivity contribution is 7.47. The van der Waals surface area contributed by atoms with Crippen LogP contribution in [0.4, 0.5) is 0 Å². The molecule has 2 unspecified atom stereocenters. The first-order valence-electron chi connectivity index (χ1n) is 37.8. The van der Waals surface area contributed by atoms with E-state index >= 15 is 0 Å². The fourth-order valence-electron chi connectivity index (χ4n) is 10.8. The van der Waals surface area contributed by atoms with E-state index in [4.69, 9.17) is 37.0 Å². The van der Waals surface area contributed by atoms with Gasteiger partial charge in [-0.2, -0.15) is 0 Å². The van der Waals surface area contributed by atoms with Crippen molar-refractivity contribution in [2.75, 3.05) is 39.6 Å². The summed E-state index contributed by atoms with van der Waals surface area (Å²) >= 11 is 0. The minimum atomic E-state index is -4.96.